The second-order valence-corrected chi connectivity index (χ2v) is 9.74. The number of carbonyl (C=O) groups is 1. The molecule has 1 fully saturated rings. The number of nitrogens with zero attached hydrogens (tertiary/aromatic N) is 3. The maximum absolute atomic E-state index is 12.7. The molecule has 0 spiro atoms. The van der Waals surface area contributed by atoms with Gasteiger partial charge in [-0.3, -0.25) is 4.79 Å². The van der Waals surface area contributed by atoms with Crippen LogP contribution >= 0.6 is 11.8 Å². The van der Waals surface area contributed by atoms with Gasteiger partial charge < -0.3 is 10.3 Å². The number of benzene rings is 1. The predicted octanol–water partition coefficient (Wildman–Crippen LogP) is 2.25. The van der Waals surface area contributed by atoms with Crippen LogP contribution in [0.15, 0.2) is 59.8 Å². The Balaban J connectivity index is 1.47. The maximum Gasteiger partial charge on any atom is 0.273 e. The highest BCUT2D eigenvalue weighted by Gasteiger charge is 2.28. The molecule has 1 aromatic carbocycles. The van der Waals surface area contributed by atoms with E-state index in [2.05, 4.69) is 15.4 Å². The Hall–Kier alpha value is -2.56. The second-order valence-electron chi connectivity index (χ2n) is 6.58. The highest BCUT2D eigenvalue weighted by Crippen LogP contribution is 2.21. The van der Waals surface area contributed by atoms with Gasteiger partial charge in [0, 0.05) is 36.9 Å². The lowest BCUT2D eigenvalue weighted by atomic mass is 10.2. The summed E-state index contributed by atoms with van der Waals surface area (Å²) in [6, 6.07) is 12.9. The third-order valence-electron chi connectivity index (χ3n) is 4.64. The highest BCUT2D eigenvalue weighted by molar-refractivity contribution is 7.99. The Kier molecular flexibility index (Phi) is 5.74. The lowest BCUT2D eigenvalue weighted by molar-refractivity contribution is 0.102. The van der Waals surface area contributed by atoms with Crippen molar-refractivity contribution in [3.63, 3.8) is 0 Å². The second kappa shape index (κ2) is 8.44. The number of nitrogens with one attached hydrogen (secondary N) is 2. The number of carbonyl (C=O) groups excluding carboxylic acids is 1. The molecule has 1 amide bonds. The van der Waals surface area contributed by atoms with Crippen LogP contribution in [0.4, 0.5) is 5.82 Å². The molecule has 152 valence electrons. The topological polar surface area (TPSA) is 100 Å². The van der Waals surface area contributed by atoms with Gasteiger partial charge in [0.25, 0.3) is 5.91 Å². The minimum absolute atomic E-state index is 0.104. The molecule has 8 nitrogen and oxygen atoms in total. The van der Waals surface area contributed by atoms with Gasteiger partial charge in [0.05, 0.1) is 12.7 Å². The number of hydrogen-bond acceptors (Lipinski definition) is 5. The van der Waals surface area contributed by atoms with Crippen LogP contribution in [0.2, 0.25) is 0 Å². The molecular weight excluding hydrogens is 410 g/mol. The average Bonchev–Trinajstić information content (AvgIpc) is 3.40. The molecule has 0 bridgehead atoms. The van der Waals surface area contributed by atoms with E-state index in [0.717, 1.165) is 17.1 Å². The van der Waals surface area contributed by atoms with E-state index in [4.69, 9.17) is 0 Å². The highest BCUT2D eigenvalue weighted by atomic mass is 32.2. The summed E-state index contributed by atoms with van der Waals surface area (Å²) in [6.07, 6.45) is 2.98. The SMILES string of the molecule is O=C(Nc1ccnn1Cc1ccccc1)c1cc(S(=O)(=O)N2CCSCC2)c[nH]1. The quantitative estimate of drug-likeness (QED) is 0.624. The van der Waals surface area contributed by atoms with E-state index in [0.29, 0.717) is 25.5 Å². The van der Waals surface area contributed by atoms with Gasteiger partial charge in [0.1, 0.15) is 16.4 Å². The van der Waals surface area contributed by atoms with E-state index in [1.807, 2.05) is 30.3 Å². The average molecular weight is 432 g/mol. The molecule has 1 saturated heterocycles. The van der Waals surface area contributed by atoms with Crippen molar-refractivity contribution in [2.45, 2.75) is 11.4 Å². The molecule has 0 atom stereocenters. The normalized spacial score (nSPS) is 15.3. The van der Waals surface area contributed by atoms with Gasteiger partial charge in [-0.05, 0) is 11.6 Å². The monoisotopic (exact) mass is 431 g/mol. The number of H-pyrrole nitrogens is 1. The summed E-state index contributed by atoms with van der Waals surface area (Å²) in [5.74, 6) is 1.67. The zero-order chi connectivity index (χ0) is 20.3. The van der Waals surface area contributed by atoms with Gasteiger partial charge in [-0.2, -0.15) is 21.2 Å². The lowest BCUT2D eigenvalue weighted by Gasteiger charge is -2.24. The van der Waals surface area contributed by atoms with Crippen LogP contribution in [0, 0.1) is 0 Å². The van der Waals surface area contributed by atoms with Crippen molar-refractivity contribution < 1.29 is 13.2 Å². The standard InChI is InChI=1S/C19H21N5O3S2/c25-19(22-18-6-7-21-24(18)14-15-4-2-1-3-5-15)17-12-16(13-20-17)29(26,27)23-8-10-28-11-9-23/h1-7,12-13,20H,8-11,14H2,(H,22,25). The Morgan fingerprint density at radius 2 is 1.93 bits per heavy atom. The Morgan fingerprint density at radius 1 is 1.17 bits per heavy atom. The number of amides is 1. The first-order valence-corrected chi connectivity index (χ1v) is 11.8. The van der Waals surface area contributed by atoms with Gasteiger partial charge in [-0.25, -0.2) is 13.1 Å². The fourth-order valence-corrected chi connectivity index (χ4v) is 5.67. The van der Waals surface area contributed by atoms with Gasteiger partial charge in [-0.15, -0.1) is 0 Å². The molecule has 0 unspecified atom stereocenters. The molecule has 3 aromatic rings. The summed E-state index contributed by atoms with van der Waals surface area (Å²) in [5, 5.41) is 7.04. The van der Waals surface area contributed by atoms with Crippen molar-refractivity contribution in [3.8, 4) is 0 Å². The first-order valence-electron chi connectivity index (χ1n) is 9.17. The first-order chi connectivity index (χ1) is 14.0. The Bertz CT molecular complexity index is 1090. The summed E-state index contributed by atoms with van der Waals surface area (Å²) in [6.45, 7) is 1.48. The number of aromatic nitrogens is 3. The largest absolute Gasteiger partial charge is 0.356 e. The van der Waals surface area contributed by atoms with E-state index in [-0.39, 0.29) is 10.6 Å². The molecule has 2 aromatic heterocycles. The fourth-order valence-electron chi connectivity index (χ4n) is 3.10. The molecule has 4 rings (SSSR count). The summed E-state index contributed by atoms with van der Waals surface area (Å²) in [4.78, 5) is 15.5. The first kappa shape index (κ1) is 19.7. The molecule has 29 heavy (non-hydrogen) atoms. The summed E-state index contributed by atoms with van der Waals surface area (Å²) in [7, 11) is -3.59. The molecule has 0 aliphatic carbocycles. The van der Waals surface area contributed by atoms with Gasteiger partial charge in [0.2, 0.25) is 10.0 Å². The third-order valence-corrected chi connectivity index (χ3v) is 7.46. The van der Waals surface area contributed by atoms with Gasteiger partial charge in [0.15, 0.2) is 0 Å². The Morgan fingerprint density at radius 3 is 2.69 bits per heavy atom. The summed E-state index contributed by atoms with van der Waals surface area (Å²) < 4.78 is 28.6. The van der Waals surface area contributed by atoms with Gasteiger partial charge >= 0.3 is 0 Å². The number of rotatable bonds is 6. The van der Waals surface area contributed by atoms with Crippen molar-refractivity contribution >= 4 is 33.5 Å². The number of thioether (sulfide) groups is 1. The van der Waals surface area contributed by atoms with Gasteiger partial charge in [-0.1, -0.05) is 30.3 Å². The third kappa shape index (κ3) is 4.39. The van der Waals surface area contributed by atoms with E-state index < -0.39 is 15.9 Å². The Labute approximate surface area is 173 Å². The zero-order valence-electron chi connectivity index (χ0n) is 15.6. The smallest absolute Gasteiger partial charge is 0.273 e. The molecule has 0 radical (unpaired) electrons. The van der Waals surface area contributed by atoms with E-state index in [1.54, 1.807) is 28.7 Å². The molecule has 0 saturated carbocycles. The fraction of sp³-hybridized carbons (Fsp3) is 0.263. The predicted molar refractivity (Wildman–Crippen MR) is 113 cm³/mol. The van der Waals surface area contributed by atoms with Crippen molar-refractivity contribution in [1.29, 1.82) is 0 Å². The van der Waals surface area contributed by atoms with Crippen molar-refractivity contribution in [2.24, 2.45) is 0 Å². The van der Waals surface area contributed by atoms with E-state index in [1.165, 1.54) is 16.6 Å². The minimum Gasteiger partial charge on any atom is -0.356 e. The lowest BCUT2D eigenvalue weighted by Crippen LogP contribution is -2.37. The molecule has 3 heterocycles. The van der Waals surface area contributed by atoms with E-state index >= 15 is 0 Å². The summed E-state index contributed by atoms with van der Waals surface area (Å²) >= 11 is 1.74. The maximum atomic E-state index is 12.7. The van der Waals surface area contributed by atoms with Crippen LogP contribution in [-0.2, 0) is 16.6 Å². The minimum atomic E-state index is -3.59. The van der Waals surface area contributed by atoms with Crippen molar-refractivity contribution in [2.75, 3.05) is 29.9 Å². The van der Waals surface area contributed by atoms with Crippen LogP contribution in [0.5, 0.6) is 0 Å². The van der Waals surface area contributed by atoms with Crippen LogP contribution in [0.25, 0.3) is 0 Å². The summed E-state index contributed by atoms with van der Waals surface area (Å²) in [5.41, 5.74) is 1.24. The van der Waals surface area contributed by atoms with Crippen LogP contribution in [0.3, 0.4) is 0 Å². The number of sulfonamides is 1. The van der Waals surface area contributed by atoms with Crippen LogP contribution in [0.1, 0.15) is 16.1 Å². The molecular formula is C19H21N5O3S2. The zero-order valence-corrected chi connectivity index (χ0v) is 17.2. The van der Waals surface area contributed by atoms with Crippen LogP contribution in [-0.4, -0.2) is 58.0 Å². The van der Waals surface area contributed by atoms with E-state index in [9.17, 15) is 13.2 Å². The van der Waals surface area contributed by atoms with Crippen LogP contribution < -0.4 is 5.32 Å². The molecule has 1 aliphatic rings. The number of aromatic amines is 1. The number of anilines is 1. The molecule has 1 aliphatic heterocycles. The van der Waals surface area contributed by atoms with Crippen molar-refractivity contribution in [3.05, 3.63) is 66.1 Å². The number of hydrogen-bond donors (Lipinski definition) is 2. The molecule has 10 heteroatoms. The molecule has 2 N–H and O–H groups in total. The van der Waals surface area contributed by atoms with Crippen molar-refractivity contribution in [1.82, 2.24) is 19.1 Å².